The Hall–Kier alpha value is -1.06. The summed E-state index contributed by atoms with van der Waals surface area (Å²) < 4.78 is 5.90. The monoisotopic (exact) mass is 248 g/mol. The number of ether oxygens (including phenoxy) is 1. The molecule has 18 heavy (non-hydrogen) atoms. The summed E-state index contributed by atoms with van der Waals surface area (Å²) >= 11 is 0. The molecule has 3 nitrogen and oxygen atoms in total. The molecule has 0 bridgehead atoms. The Morgan fingerprint density at radius 1 is 1.28 bits per heavy atom. The molecule has 0 radical (unpaired) electrons. The lowest BCUT2D eigenvalue weighted by Gasteiger charge is -2.29. The Balaban J connectivity index is 1.74. The molecular weight excluding hydrogens is 224 g/mol. The Bertz CT molecular complexity index is 361. The van der Waals surface area contributed by atoms with Crippen molar-refractivity contribution in [3.05, 3.63) is 29.8 Å². The van der Waals surface area contributed by atoms with Crippen LogP contribution in [0.4, 0.5) is 0 Å². The fourth-order valence-electron chi connectivity index (χ4n) is 2.34. The molecule has 3 heteroatoms. The zero-order valence-corrected chi connectivity index (χ0v) is 11.5. The van der Waals surface area contributed by atoms with Gasteiger partial charge in [0, 0.05) is 38.6 Å². The van der Waals surface area contributed by atoms with Crippen molar-refractivity contribution in [2.75, 3.05) is 39.3 Å². The molecule has 0 amide bonds. The zero-order valence-electron chi connectivity index (χ0n) is 11.5. The summed E-state index contributed by atoms with van der Waals surface area (Å²) in [6, 6.07) is 8.22. The lowest BCUT2D eigenvalue weighted by atomic mass is 10.1. The quantitative estimate of drug-likeness (QED) is 0.861. The third-order valence-corrected chi connectivity index (χ3v) is 3.40. The van der Waals surface area contributed by atoms with Gasteiger partial charge in [-0.15, -0.1) is 0 Å². The molecule has 1 atom stereocenters. The van der Waals surface area contributed by atoms with Gasteiger partial charge in [-0.25, -0.2) is 0 Å². The molecule has 0 aliphatic carbocycles. The summed E-state index contributed by atoms with van der Waals surface area (Å²) in [5, 5.41) is 3.38. The molecule has 1 aliphatic rings. The first-order valence-corrected chi connectivity index (χ1v) is 6.87. The SMILES string of the molecule is Cc1ccccc1OCC(C)CN1CCNCC1. The highest BCUT2D eigenvalue weighted by Crippen LogP contribution is 2.17. The Kier molecular flexibility index (Phi) is 5.02. The summed E-state index contributed by atoms with van der Waals surface area (Å²) in [4.78, 5) is 2.52. The van der Waals surface area contributed by atoms with E-state index in [1.807, 2.05) is 18.2 Å². The van der Waals surface area contributed by atoms with Gasteiger partial charge in [0.05, 0.1) is 6.61 Å². The van der Waals surface area contributed by atoms with Gasteiger partial charge in [0.1, 0.15) is 5.75 Å². The number of rotatable bonds is 5. The van der Waals surface area contributed by atoms with Crippen LogP contribution in [0, 0.1) is 12.8 Å². The van der Waals surface area contributed by atoms with Gasteiger partial charge in [0.25, 0.3) is 0 Å². The van der Waals surface area contributed by atoms with E-state index in [2.05, 4.69) is 30.1 Å². The number of aryl methyl sites for hydroxylation is 1. The van der Waals surface area contributed by atoms with E-state index in [0.717, 1.165) is 45.1 Å². The average molecular weight is 248 g/mol. The predicted molar refractivity (Wildman–Crippen MR) is 75.1 cm³/mol. The van der Waals surface area contributed by atoms with Crippen LogP contribution in [-0.2, 0) is 0 Å². The average Bonchev–Trinajstić information content (AvgIpc) is 2.39. The van der Waals surface area contributed by atoms with Gasteiger partial charge in [-0.05, 0) is 18.6 Å². The molecule has 1 unspecified atom stereocenters. The number of nitrogens with zero attached hydrogens (tertiary/aromatic N) is 1. The van der Waals surface area contributed by atoms with Gasteiger partial charge >= 0.3 is 0 Å². The van der Waals surface area contributed by atoms with E-state index in [-0.39, 0.29) is 0 Å². The van der Waals surface area contributed by atoms with E-state index in [1.54, 1.807) is 0 Å². The highest BCUT2D eigenvalue weighted by molar-refractivity contribution is 5.31. The molecule has 0 saturated carbocycles. The van der Waals surface area contributed by atoms with Crippen LogP contribution in [0.1, 0.15) is 12.5 Å². The predicted octanol–water partition coefficient (Wildman–Crippen LogP) is 1.92. The third kappa shape index (κ3) is 4.00. The second-order valence-corrected chi connectivity index (χ2v) is 5.23. The number of hydrogen-bond acceptors (Lipinski definition) is 3. The first kappa shape index (κ1) is 13.4. The molecule has 1 aromatic carbocycles. The summed E-state index contributed by atoms with van der Waals surface area (Å²) in [5.41, 5.74) is 1.21. The standard InChI is InChI=1S/C15H24N2O/c1-13(11-17-9-7-16-8-10-17)12-18-15-6-4-3-5-14(15)2/h3-6,13,16H,7-12H2,1-2H3. The van der Waals surface area contributed by atoms with Gasteiger partial charge in [-0.2, -0.15) is 0 Å². The second kappa shape index (κ2) is 6.76. The Labute approximate surface area is 110 Å². The number of hydrogen-bond donors (Lipinski definition) is 1. The van der Waals surface area contributed by atoms with Crippen LogP contribution >= 0.6 is 0 Å². The smallest absolute Gasteiger partial charge is 0.122 e. The summed E-state index contributed by atoms with van der Waals surface area (Å²) in [5.74, 6) is 1.59. The topological polar surface area (TPSA) is 24.5 Å². The van der Waals surface area contributed by atoms with Crippen LogP contribution in [0.2, 0.25) is 0 Å². The van der Waals surface area contributed by atoms with E-state index >= 15 is 0 Å². The molecule has 1 fully saturated rings. The van der Waals surface area contributed by atoms with Crippen LogP contribution in [0.15, 0.2) is 24.3 Å². The van der Waals surface area contributed by atoms with E-state index in [4.69, 9.17) is 4.74 Å². The highest BCUT2D eigenvalue weighted by Gasteiger charge is 2.13. The van der Waals surface area contributed by atoms with Crippen molar-refractivity contribution in [2.24, 2.45) is 5.92 Å². The van der Waals surface area contributed by atoms with Crippen LogP contribution < -0.4 is 10.1 Å². The maximum absolute atomic E-state index is 5.90. The van der Waals surface area contributed by atoms with Crippen LogP contribution in [0.3, 0.4) is 0 Å². The van der Waals surface area contributed by atoms with Crippen molar-refractivity contribution in [1.82, 2.24) is 10.2 Å². The van der Waals surface area contributed by atoms with E-state index in [0.29, 0.717) is 5.92 Å². The lowest BCUT2D eigenvalue weighted by molar-refractivity contribution is 0.171. The van der Waals surface area contributed by atoms with Crippen molar-refractivity contribution in [1.29, 1.82) is 0 Å². The molecule has 0 aromatic heterocycles. The number of piperazine rings is 1. The first-order chi connectivity index (χ1) is 8.75. The minimum Gasteiger partial charge on any atom is -0.493 e. The van der Waals surface area contributed by atoms with Crippen LogP contribution in [-0.4, -0.2) is 44.2 Å². The summed E-state index contributed by atoms with van der Waals surface area (Å²) in [6.07, 6.45) is 0. The Morgan fingerprint density at radius 3 is 2.72 bits per heavy atom. The maximum atomic E-state index is 5.90. The molecule has 1 N–H and O–H groups in total. The minimum absolute atomic E-state index is 0.572. The zero-order chi connectivity index (χ0) is 12.8. The molecule has 0 spiro atoms. The van der Waals surface area contributed by atoms with Gasteiger partial charge in [-0.1, -0.05) is 25.1 Å². The van der Waals surface area contributed by atoms with Crippen LogP contribution in [0.5, 0.6) is 5.75 Å². The largest absolute Gasteiger partial charge is 0.493 e. The maximum Gasteiger partial charge on any atom is 0.122 e. The van der Waals surface area contributed by atoms with Gasteiger partial charge in [0.2, 0.25) is 0 Å². The van der Waals surface area contributed by atoms with Gasteiger partial charge < -0.3 is 15.0 Å². The molecule has 100 valence electrons. The third-order valence-electron chi connectivity index (χ3n) is 3.40. The second-order valence-electron chi connectivity index (χ2n) is 5.23. The van der Waals surface area contributed by atoms with Crippen LogP contribution in [0.25, 0.3) is 0 Å². The number of para-hydroxylation sites is 1. The van der Waals surface area contributed by atoms with Crippen molar-refractivity contribution in [3.63, 3.8) is 0 Å². The number of benzene rings is 1. The van der Waals surface area contributed by atoms with Crippen molar-refractivity contribution in [3.8, 4) is 5.75 Å². The van der Waals surface area contributed by atoms with Crippen molar-refractivity contribution >= 4 is 0 Å². The molecule has 1 aliphatic heterocycles. The van der Waals surface area contributed by atoms with Crippen molar-refractivity contribution in [2.45, 2.75) is 13.8 Å². The fraction of sp³-hybridized carbons (Fsp3) is 0.600. The lowest BCUT2D eigenvalue weighted by Crippen LogP contribution is -2.45. The molecule has 1 saturated heterocycles. The molecular formula is C15H24N2O. The van der Waals surface area contributed by atoms with Gasteiger partial charge in [-0.3, -0.25) is 0 Å². The summed E-state index contributed by atoms with van der Waals surface area (Å²) in [7, 11) is 0. The van der Waals surface area contributed by atoms with Gasteiger partial charge in [0.15, 0.2) is 0 Å². The Morgan fingerprint density at radius 2 is 2.00 bits per heavy atom. The minimum atomic E-state index is 0.572. The normalized spacial score (nSPS) is 18.6. The molecule has 1 aromatic rings. The summed E-state index contributed by atoms with van der Waals surface area (Å²) in [6.45, 7) is 10.8. The van der Waals surface area contributed by atoms with E-state index in [9.17, 15) is 0 Å². The van der Waals surface area contributed by atoms with Crippen molar-refractivity contribution < 1.29 is 4.74 Å². The number of nitrogens with one attached hydrogen (secondary N) is 1. The van der Waals surface area contributed by atoms with E-state index in [1.165, 1.54) is 5.56 Å². The fourth-order valence-corrected chi connectivity index (χ4v) is 2.34. The highest BCUT2D eigenvalue weighted by atomic mass is 16.5. The first-order valence-electron chi connectivity index (χ1n) is 6.87. The molecule has 2 rings (SSSR count). The molecule has 1 heterocycles. The van der Waals surface area contributed by atoms with E-state index < -0.39 is 0 Å².